The number of urea groups is 1. The van der Waals surface area contributed by atoms with Crippen LogP contribution in [0, 0.1) is 0 Å². The first-order valence-corrected chi connectivity index (χ1v) is 11.9. The molecular weight excluding hydrogens is 432 g/mol. The maximum atomic E-state index is 12.8. The minimum absolute atomic E-state index is 0.0408. The van der Waals surface area contributed by atoms with E-state index < -0.39 is 16.1 Å². The van der Waals surface area contributed by atoms with E-state index in [1.165, 1.54) is 16.4 Å². The molecule has 3 rings (SSSR count). The van der Waals surface area contributed by atoms with Crippen molar-refractivity contribution in [1.29, 1.82) is 0 Å². The van der Waals surface area contributed by atoms with Gasteiger partial charge in [0.2, 0.25) is 15.9 Å². The van der Waals surface area contributed by atoms with Crippen LogP contribution in [0.1, 0.15) is 25.7 Å². The highest BCUT2D eigenvalue weighted by atomic mass is 32.2. The third kappa shape index (κ3) is 6.44. The Bertz CT molecular complexity index is 1030. The number of carbonyl (C=O) groups excluding carboxylic acids is 2. The number of nitrogens with zero attached hydrogens (tertiary/aromatic N) is 1. The number of rotatable bonds is 8. The molecule has 0 aliphatic carbocycles. The lowest BCUT2D eigenvalue weighted by Gasteiger charge is -2.26. The van der Waals surface area contributed by atoms with Crippen LogP contribution < -0.4 is 20.7 Å². The molecule has 10 heteroatoms. The minimum Gasteiger partial charge on any atom is -0.497 e. The highest BCUT2D eigenvalue weighted by Crippen LogP contribution is 2.23. The van der Waals surface area contributed by atoms with Crippen molar-refractivity contribution in [1.82, 2.24) is 9.62 Å². The van der Waals surface area contributed by atoms with Crippen molar-refractivity contribution in [3.63, 3.8) is 0 Å². The zero-order valence-corrected chi connectivity index (χ0v) is 18.8. The number of ether oxygens (including phenoxy) is 1. The van der Waals surface area contributed by atoms with E-state index in [4.69, 9.17) is 4.74 Å². The summed E-state index contributed by atoms with van der Waals surface area (Å²) in [6.07, 6.45) is 2.79. The second-order valence-electron chi connectivity index (χ2n) is 7.40. The van der Waals surface area contributed by atoms with Gasteiger partial charge in [0.05, 0.1) is 12.0 Å². The Morgan fingerprint density at radius 2 is 1.69 bits per heavy atom. The van der Waals surface area contributed by atoms with Crippen LogP contribution in [-0.4, -0.2) is 51.4 Å². The summed E-state index contributed by atoms with van der Waals surface area (Å²) in [5.74, 6) is 0.350. The highest BCUT2D eigenvalue weighted by Gasteiger charge is 2.26. The van der Waals surface area contributed by atoms with Crippen LogP contribution in [-0.2, 0) is 14.8 Å². The molecule has 3 N–H and O–H groups in total. The predicted octanol–water partition coefficient (Wildman–Crippen LogP) is 3.02. The summed E-state index contributed by atoms with van der Waals surface area (Å²) in [6.45, 7) is 1.16. The number of piperidine rings is 1. The highest BCUT2D eigenvalue weighted by molar-refractivity contribution is 7.89. The fraction of sp³-hybridized carbons (Fsp3) is 0.364. The number of methoxy groups -OCH3 is 1. The molecule has 172 valence electrons. The number of anilines is 2. The number of nitrogens with one attached hydrogen (secondary N) is 3. The molecule has 0 atom stereocenters. The van der Waals surface area contributed by atoms with Crippen LogP contribution in [0.25, 0.3) is 0 Å². The van der Waals surface area contributed by atoms with Gasteiger partial charge < -0.3 is 20.7 Å². The Balaban J connectivity index is 1.47. The molecule has 0 radical (unpaired) electrons. The number of sulfonamides is 1. The van der Waals surface area contributed by atoms with Crippen LogP contribution in [0.3, 0.4) is 0 Å². The molecule has 0 saturated carbocycles. The number of amides is 3. The summed E-state index contributed by atoms with van der Waals surface area (Å²) >= 11 is 0. The van der Waals surface area contributed by atoms with Crippen LogP contribution in [0.15, 0.2) is 53.4 Å². The molecule has 32 heavy (non-hydrogen) atoms. The summed E-state index contributed by atoms with van der Waals surface area (Å²) in [7, 11) is -2.01. The summed E-state index contributed by atoms with van der Waals surface area (Å²) in [4.78, 5) is 24.3. The first-order valence-electron chi connectivity index (χ1n) is 10.5. The first-order chi connectivity index (χ1) is 15.4. The van der Waals surface area contributed by atoms with Gasteiger partial charge in [-0.25, -0.2) is 13.2 Å². The Labute approximate surface area is 188 Å². The molecule has 0 spiro atoms. The van der Waals surface area contributed by atoms with Gasteiger partial charge in [0, 0.05) is 37.4 Å². The topological polar surface area (TPSA) is 117 Å². The fourth-order valence-electron chi connectivity index (χ4n) is 3.35. The maximum Gasteiger partial charge on any atom is 0.319 e. The van der Waals surface area contributed by atoms with Gasteiger partial charge in [-0.1, -0.05) is 12.5 Å². The van der Waals surface area contributed by atoms with Crippen molar-refractivity contribution >= 4 is 33.3 Å². The van der Waals surface area contributed by atoms with Gasteiger partial charge >= 0.3 is 6.03 Å². The smallest absolute Gasteiger partial charge is 0.319 e. The molecule has 0 unspecified atom stereocenters. The van der Waals surface area contributed by atoms with E-state index in [0.717, 1.165) is 19.3 Å². The van der Waals surface area contributed by atoms with Crippen LogP contribution in [0.4, 0.5) is 16.2 Å². The molecule has 9 nitrogen and oxygen atoms in total. The van der Waals surface area contributed by atoms with Gasteiger partial charge in [0.15, 0.2) is 0 Å². The summed E-state index contributed by atoms with van der Waals surface area (Å²) in [6, 6.07) is 12.7. The molecule has 1 aliphatic rings. The lowest BCUT2D eigenvalue weighted by molar-refractivity contribution is -0.116. The van der Waals surface area contributed by atoms with Crippen molar-refractivity contribution in [2.45, 2.75) is 30.6 Å². The van der Waals surface area contributed by atoms with Crippen molar-refractivity contribution in [2.75, 3.05) is 37.4 Å². The monoisotopic (exact) mass is 460 g/mol. The van der Waals surface area contributed by atoms with E-state index in [1.54, 1.807) is 43.5 Å². The third-order valence-corrected chi connectivity index (χ3v) is 6.95. The molecule has 1 saturated heterocycles. The normalized spacial score (nSPS) is 14.4. The van der Waals surface area contributed by atoms with Gasteiger partial charge in [-0.05, 0) is 55.3 Å². The molecule has 2 aromatic carbocycles. The minimum atomic E-state index is -3.57. The van der Waals surface area contributed by atoms with Crippen molar-refractivity contribution < 1.29 is 22.7 Å². The molecular formula is C22H28N4O5S. The van der Waals surface area contributed by atoms with E-state index in [0.29, 0.717) is 30.2 Å². The zero-order valence-electron chi connectivity index (χ0n) is 18.0. The molecule has 3 amide bonds. The molecule has 1 fully saturated rings. The second-order valence-corrected chi connectivity index (χ2v) is 9.34. The van der Waals surface area contributed by atoms with Gasteiger partial charge in [-0.15, -0.1) is 0 Å². The van der Waals surface area contributed by atoms with Gasteiger partial charge in [-0.2, -0.15) is 4.31 Å². The van der Waals surface area contributed by atoms with E-state index >= 15 is 0 Å². The summed E-state index contributed by atoms with van der Waals surface area (Å²) in [5, 5.41) is 7.96. The third-order valence-electron chi connectivity index (χ3n) is 5.06. The average Bonchev–Trinajstić information content (AvgIpc) is 2.80. The Hall–Kier alpha value is -3.11. The number of carbonyl (C=O) groups is 2. The Morgan fingerprint density at radius 3 is 2.38 bits per heavy atom. The van der Waals surface area contributed by atoms with E-state index in [2.05, 4.69) is 16.0 Å². The van der Waals surface area contributed by atoms with Crippen LogP contribution >= 0.6 is 0 Å². The average molecular weight is 461 g/mol. The molecule has 1 aliphatic heterocycles. The van der Waals surface area contributed by atoms with Gasteiger partial charge in [-0.3, -0.25) is 4.79 Å². The standard InChI is InChI=1S/C22H28N4O5S/c1-31-19-10-8-17(9-11-19)25-22(28)23-13-12-21(27)24-18-6-5-7-20(16-18)32(29,30)26-14-3-2-4-15-26/h5-11,16H,2-4,12-15H2,1H3,(H,24,27)(H2,23,25,28). The summed E-state index contributed by atoms with van der Waals surface area (Å²) in [5.41, 5.74) is 0.996. The molecule has 0 aromatic heterocycles. The van der Waals surface area contributed by atoms with Crippen LogP contribution in [0.5, 0.6) is 5.75 Å². The number of benzene rings is 2. The lowest BCUT2D eigenvalue weighted by atomic mass is 10.2. The first kappa shape index (κ1) is 23.6. The van der Waals surface area contributed by atoms with E-state index in [1.807, 2.05) is 0 Å². The van der Waals surface area contributed by atoms with E-state index in [9.17, 15) is 18.0 Å². The van der Waals surface area contributed by atoms with Crippen LogP contribution in [0.2, 0.25) is 0 Å². The van der Waals surface area contributed by atoms with E-state index in [-0.39, 0.29) is 23.8 Å². The fourth-order valence-corrected chi connectivity index (χ4v) is 4.91. The molecule has 2 aromatic rings. The SMILES string of the molecule is COc1ccc(NC(=O)NCCC(=O)Nc2cccc(S(=O)(=O)N3CCCCC3)c2)cc1. The molecule has 0 bridgehead atoms. The Morgan fingerprint density at radius 1 is 0.969 bits per heavy atom. The zero-order chi connectivity index (χ0) is 23.0. The molecule has 1 heterocycles. The summed E-state index contributed by atoms with van der Waals surface area (Å²) < 4.78 is 32.2. The van der Waals surface area contributed by atoms with Crippen molar-refractivity contribution in [3.05, 3.63) is 48.5 Å². The number of hydrogen-bond acceptors (Lipinski definition) is 5. The van der Waals surface area contributed by atoms with Crippen molar-refractivity contribution in [3.8, 4) is 5.75 Å². The predicted molar refractivity (Wildman–Crippen MR) is 122 cm³/mol. The lowest BCUT2D eigenvalue weighted by Crippen LogP contribution is -2.35. The quantitative estimate of drug-likeness (QED) is 0.560. The maximum absolute atomic E-state index is 12.8. The Kier molecular flexibility index (Phi) is 8.07. The van der Waals surface area contributed by atoms with Gasteiger partial charge in [0.1, 0.15) is 5.75 Å². The second kappa shape index (κ2) is 11.0. The number of hydrogen-bond donors (Lipinski definition) is 3. The van der Waals surface area contributed by atoms with Crippen molar-refractivity contribution in [2.24, 2.45) is 0 Å². The largest absolute Gasteiger partial charge is 0.497 e. The van der Waals surface area contributed by atoms with Gasteiger partial charge in [0.25, 0.3) is 0 Å².